The molecule has 0 bridgehead atoms. The number of carbonyl (C=O) groups is 1. The lowest BCUT2D eigenvalue weighted by Gasteiger charge is -2.28. The van der Waals surface area contributed by atoms with E-state index < -0.39 is 0 Å². The van der Waals surface area contributed by atoms with E-state index in [9.17, 15) is 4.79 Å². The summed E-state index contributed by atoms with van der Waals surface area (Å²) < 4.78 is 5.50. The van der Waals surface area contributed by atoms with E-state index in [0.29, 0.717) is 24.4 Å². The maximum absolute atomic E-state index is 12.3. The van der Waals surface area contributed by atoms with Gasteiger partial charge in [0.25, 0.3) is 0 Å². The summed E-state index contributed by atoms with van der Waals surface area (Å²) in [6, 6.07) is 0. The van der Waals surface area contributed by atoms with E-state index >= 15 is 0 Å². The van der Waals surface area contributed by atoms with Crippen LogP contribution in [0.5, 0.6) is 0 Å². The summed E-state index contributed by atoms with van der Waals surface area (Å²) in [4.78, 5) is 12.3. The van der Waals surface area contributed by atoms with Gasteiger partial charge in [0.15, 0.2) is 0 Å². The van der Waals surface area contributed by atoms with Gasteiger partial charge < -0.3 is 4.74 Å². The Balaban J connectivity index is 1.82. The van der Waals surface area contributed by atoms with Crippen LogP contribution in [0.3, 0.4) is 0 Å². The predicted octanol–water partition coefficient (Wildman–Crippen LogP) is 3.20. The summed E-state index contributed by atoms with van der Waals surface area (Å²) >= 11 is 0. The van der Waals surface area contributed by atoms with Crippen LogP contribution in [-0.2, 0) is 9.53 Å². The van der Waals surface area contributed by atoms with Crippen molar-refractivity contribution in [3.8, 4) is 0 Å². The first-order chi connectivity index (χ1) is 7.70. The molecule has 1 heterocycles. The van der Waals surface area contributed by atoms with Crippen LogP contribution in [0.2, 0.25) is 0 Å². The average Bonchev–Trinajstić information content (AvgIpc) is 2.75. The average molecular weight is 224 g/mol. The van der Waals surface area contributed by atoms with Crippen molar-refractivity contribution in [3.05, 3.63) is 0 Å². The first-order valence-electron chi connectivity index (χ1n) is 6.86. The van der Waals surface area contributed by atoms with E-state index in [1.165, 1.54) is 19.3 Å². The molecule has 2 aliphatic rings. The minimum Gasteiger partial charge on any atom is -0.378 e. The third kappa shape index (κ3) is 2.65. The second-order valence-electron chi connectivity index (χ2n) is 5.60. The Labute approximate surface area is 98.7 Å². The smallest absolute Gasteiger partial charge is 0.141 e. The highest BCUT2D eigenvalue weighted by Gasteiger charge is 2.34. The van der Waals surface area contributed by atoms with E-state index in [1.807, 2.05) is 0 Å². The molecule has 0 radical (unpaired) electrons. The number of carbonyl (C=O) groups excluding carboxylic acids is 1. The molecule has 0 spiro atoms. The van der Waals surface area contributed by atoms with Gasteiger partial charge in [-0.05, 0) is 44.9 Å². The molecule has 1 aliphatic carbocycles. The molecule has 2 unspecified atom stereocenters. The first-order valence-corrected chi connectivity index (χ1v) is 6.86. The van der Waals surface area contributed by atoms with Gasteiger partial charge in [-0.2, -0.15) is 0 Å². The van der Waals surface area contributed by atoms with E-state index in [4.69, 9.17) is 4.74 Å². The topological polar surface area (TPSA) is 26.3 Å². The fourth-order valence-electron chi connectivity index (χ4n) is 3.20. The Hall–Kier alpha value is -0.370. The molecule has 2 nitrogen and oxygen atoms in total. The van der Waals surface area contributed by atoms with E-state index in [1.54, 1.807) is 0 Å². The number of Topliss-reactive ketones (excluding diaryl/α,β-unsaturated/α-hetero) is 1. The van der Waals surface area contributed by atoms with Gasteiger partial charge >= 0.3 is 0 Å². The van der Waals surface area contributed by atoms with Gasteiger partial charge in [-0.15, -0.1) is 0 Å². The van der Waals surface area contributed by atoms with Crippen molar-refractivity contribution in [2.45, 2.75) is 58.5 Å². The minimum absolute atomic E-state index is 0.207. The van der Waals surface area contributed by atoms with Gasteiger partial charge in [-0.3, -0.25) is 4.79 Å². The molecule has 1 saturated heterocycles. The Morgan fingerprint density at radius 1 is 1.19 bits per heavy atom. The van der Waals surface area contributed by atoms with Crippen molar-refractivity contribution in [3.63, 3.8) is 0 Å². The van der Waals surface area contributed by atoms with Gasteiger partial charge in [0, 0.05) is 11.8 Å². The van der Waals surface area contributed by atoms with Crippen LogP contribution in [0, 0.1) is 17.8 Å². The Kier molecular flexibility index (Phi) is 4.01. The number of ether oxygens (including phenoxy) is 1. The largest absolute Gasteiger partial charge is 0.378 e. The second-order valence-corrected chi connectivity index (χ2v) is 5.60. The maximum atomic E-state index is 12.3. The van der Waals surface area contributed by atoms with Crippen LogP contribution in [0.4, 0.5) is 0 Å². The molecular weight excluding hydrogens is 200 g/mol. The molecule has 92 valence electrons. The minimum atomic E-state index is 0.207. The molecule has 0 aromatic carbocycles. The van der Waals surface area contributed by atoms with Crippen molar-refractivity contribution in [2.75, 3.05) is 6.61 Å². The van der Waals surface area contributed by atoms with Crippen LogP contribution in [0.1, 0.15) is 52.4 Å². The number of hydrogen-bond acceptors (Lipinski definition) is 2. The molecule has 2 heteroatoms. The normalized spacial score (nSPS) is 39.9. The number of hydrogen-bond donors (Lipinski definition) is 0. The molecule has 1 aliphatic heterocycles. The van der Waals surface area contributed by atoms with Gasteiger partial charge in [0.2, 0.25) is 0 Å². The summed E-state index contributed by atoms with van der Waals surface area (Å²) in [6.45, 7) is 5.01. The van der Waals surface area contributed by atoms with Gasteiger partial charge in [-0.25, -0.2) is 0 Å². The van der Waals surface area contributed by atoms with E-state index in [0.717, 1.165) is 25.2 Å². The van der Waals surface area contributed by atoms with Crippen molar-refractivity contribution in [1.82, 2.24) is 0 Å². The predicted molar refractivity (Wildman–Crippen MR) is 64.3 cm³/mol. The standard InChI is InChI=1S/C14H24O2/c1-3-11-4-6-12(7-5-11)14(15)13-8-10(2)16-9-13/h10-13H,3-9H2,1-2H3. The van der Waals surface area contributed by atoms with Gasteiger partial charge in [0.1, 0.15) is 5.78 Å². The highest BCUT2D eigenvalue weighted by Crippen LogP contribution is 2.34. The number of ketones is 1. The Morgan fingerprint density at radius 2 is 1.88 bits per heavy atom. The quantitative estimate of drug-likeness (QED) is 0.736. The zero-order valence-electron chi connectivity index (χ0n) is 10.6. The highest BCUT2D eigenvalue weighted by atomic mass is 16.5. The summed E-state index contributed by atoms with van der Waals surface area (Å²) in [7, 11) is 0. The summed E-state index contributed by atoms with van der Waals surface area (Å²) in [5.74, 6) is 1.93. The molecule has 0 N–H and O–H groups in total. The fraction of sp³-hybridized carbons (Fsp3) is 0.929. The van der Waals surface area contributed by atoms with Gasteiger partial charge in [-0.1, -0.05) is 13.3 Å². The van der Waals surface area contributed by atoms with Crippen molar-refractivity contribution in [1.29, 1.82) is 0 Å². The SMILES string of the molecule is CCC1CCC(C(=O)C2COC(C)C2)CC1. The Bertz CT molecular complexity index is 241. The molecular formula is C14H24O2. The number of rotatable bonds is 3. The second kappa shape index (κ2) is 5.31. The van der Waals surface area contributed by atoms with Gasteiger partial charge in [0.05, 0.1) is 12.7 Å². The Morgan fingerprint density at radius 3 is 2.38 bits per heavy atom. The van der Waals surface area contributed by atoms with Crippen LogP contribution < -0.4 is 0 Å². The summed E-state index contributed by atoms with van der Waals surface area (Å²) in [6.07, 6.45) is 7.30. The highest BCUT2D eigenvalue weighted by molar-refractivity contribution is 5.83. The lowest BCUT2D eigenvalue weighted by molar-refractivity contribution is -0.128. The summed E-state index contributed by atoms with van der Waals surface area (Å²) in [5, 5.41) is 0. The van der Waals surface area contributed by atoms with Crippen molar-refractivity contribution in [2.24, 2.45) is 17.8 Å². The van der Waals surface area contributed by atoms with Crippen LogP contribution in [0.15, 0.2) is 0 Å². The van der Waals surface area contributed by atoms with Crippen molar-refractivity contribution < 1.29 is 9.53 Å². The molecule has 16 heavy (non-hydrogen) atoms. The van der Waals surface area contributed by atoms with E-state index in [2.05, 4.69) is 13.8 Å². The zero-order chi connectivity index (χ0) is 11.5. The van der Waals surface area contributed by atoms with Crippen LogP contribution in [-0.4, -0.2) is 18.5 Å². The molecule has 2 rings (SSSR count). The third-order valence-corrected chi connectivity index (χ3v) is 4.43. The van der Waals surface area contributed by atoms with Crippen molar-refractivity contribution >= 4 is 5.78 Å². The van der Waals surface area contributed by atoms with Crippen LogP contribution >= 0.6 is 0 Å². The molecule has 2 fully saturated rings. The molecule has 1 saturated carbocycles. The summed E-state index contributed by atoms with van der Waals surface area (Å²) in [5.41, 5.74) is 0. The molecule has 0 aromatic heterocycles. The zero-order valence-corrected chi connectivity index (χ0v) is 10.6. The monoisotopic (exact) mass is 224 g/mol. The molecule has 0 amide bonds. The fourth-order valence-corrected chi connectivity index (χ4v) is 3.20. The van der Waals surface area contributed by atoms with Crippen LogP contribution in [0.25, 0.3) is 0 Å². The third-order valence-electron chi connectivity index (χ3n) is 4.43. The maximum Gasteiger partial charge on any atom is 0.141 e. The molecule has 0 aromatic rings. The lowest BCUT2D eigenvalue weighted by Crippen LogP contribution is -2.27. The lowest BCUT2D eigenvalue weighted by atomic mass is 9.76. The van der Waals surface area contributed by atoms with E-state index in [-0.39, 0.29) is 5.92 Å². The molecule has 2 atom stereocenters. The first kappa shape index (κ1) is 12.1.